The number of anilines is 1. The number of halogens is 4. The molecule has 0 bridgehead atoms. The molecule has 1 saturated heterocycles. The molecule has 11 heteroatoms. The summed E-state index contributed by atoms with van der Waals surface area (Å²) in [6, 6.07) is 9.53. The van der Waals surface area contributed by atoms with Gasteiger partial charge in [-0.1, -0.05) is 36.0 Å². The molecule has 2 aliphatic rings. The number of thioether (sulfide) groups is 1. The summed E-state index contributed by atoms with van der Waals surface area (Å²) >= 11 is 7.66. The molecule has 198 valence electrons. The highest BCUT2D eigenvalue weighted by Gasteiger charge is 2.27. The zero-order chi connectivity index (χ0) is 26.6. The van der Waals surface area contributed by atoms with Gasteiger partial charge < -0.3 is 4.74 Å². The fourth-order valence-corrected chi connectivity index (χ4v) is 7.00. The summed E-state index contributed by atoms with van der Waals surface area (Å²) in [7, 11) is -2.36. The molecule has 3 aromatic rings. The van der Waals surface area contributed by atoms with Crippen molar-refractivity contribution in [1.82, 2.24) is 9.97 Å². The maximum atomic E-state index is 16.0. The third-order valence-electron chi connectivity index (χ3n) is 6.35. The van der Waals surface area contributed by atoms with Crippen molar-refractivity contribution in [2.45, 2.75) is 30.6 Å². The predicted molar refractivity (Wildman–Crippen MR) is 145 cm³/mol. The van der Waals surface area contributed by atoms with Crippen molar-refractivity contribution in [2.24, 2.45) is 5.92 Å². The van der Waals surface area contributed by atoms with Crippen molar-refractivity contribution in [3.05, 3.63) is 93.6 Å². The van der Waals surface area contributed by atoms with Crippen LogP contribution in [0.15, 0.2) is 64.5 Å². The lowest BCUT2D eigenvalue weighted by Crippen LogP contribution is -2.16. The van der Waals surface area contributed by atoms with Crippen LogP contribution in [0.25, 0.3) is 10.5 Å². The molecule has 0 spiro atoms. The Labute approximate surface area is 230 Å². The number of aromatic nitrogens is 2. The molecule has 1 N–H and O–H groups in total. The van der Waals surface area contributed by atoms with Gasteiger partial charge in [0.1, 0.15) is 16.5 Å². The second-order valence-electron chi connectivity index (χ2n) is 8.74. The van der Waals surface area contributed by atoms with E-state index in [4.69, 9.17) is 16.3 Å². The zero-order valence-corrected chi connectivity index (χ0v) is 22.4. The summed E-state index contributed by atoms with van der Waals surface area (Å²) in [5.41, 5.74) is 1.41. The summed E-state index contributed by atoms with van der Waals surface area (Å²) in [5, 5.41) is 0.0778. The quantitative estimate of drug-likeness (QED) is 0.310. The van der Waals surface area contributed by atoms with Gasteiger partial charge in [-0.05, 0) is 77.9 Å². The van der Waals surface area contributed by atoms with Crippen molar-refractivity contribution in [1.29, 1.82) is 0 Å². The zero-order valence-electron chi connectivity index (χ0n) is 20.1. The van der Waals surface area contributed by atoms with Crippen LogP contribution in [-0.4, -0.2) is 27.4 Å². The van der Waals surface area contributed by atoms with E-state index in [2.05, 4.69) is 20.8 Å². The summed E-state index contributed by atoms with van der Waals surface area (Å²) in [6.07, 6.45) is 6.74. The fourth-order valence-electron chi connectivity index (χ4n) is 4.51. The highest BCUT2D eigenvalue weighted by Crippen LogP contribution is 2.48. The topological polar surface area (TPSA) is 64.1 Å². The first-order valence-electron chi connectivity index (χ1n) is 12.0. The molecular weight excluding hydrogens is 555 g/mol. The van der Waals surface area contributed by atoms with Crippen LogP contribution < -0.4 is 4.72 Å². The maximum absolute atomic E-state index is 16.0. The lowest BCUT2D eigenvalue weighted by Gasteiger charge is -2.25. The Balaban J connectivity index is 1.55. The molecule has 0 radical (unpaired) electrons. The van der Waals surface area contributed by atoms with Gasteiger partial charge in [-0.25, -0.2) is 27.3 Å². The van der Waals surface area contributed by atoms with E-state index in [0.717, 1.165) is 29.9 Å². The molecule has 38 heavy (non-hydrogen) atoms. The van der Waals surface area contributed by atoms with Crippen LogP contribution in [0.4, 0.5) is 18.9 Å². The van der Waals surface area contributed by atoms with E-state index in [-0.39, 0.29) is 16.5 Å². The molecule has 1 aromatic heterocycles. The van der Waals surface area contributed by atoms with E-state index in [1.807, 2.05) is 0 Å². The number of allylic oxidation sites excluding steroid dienone is 3. The summed E-state index contributed by atoms with van der Waals surface area (Å²) in [4.78, 5) is 9.66. The van der Waals surface area contributed by atoms with E-state index in [9.17, 15) is 13.0 Å². The van der Waals surface area contributed by atoms with E-state index >= 15 is 4.39 Å². The third-order valence-corrected chi connectivity index (χ3v) is 9.09. The second kappa shape index (κ2) is 12.0. The highest BCUT2D eigenvalue weighted by atomic mass is 35.5. The molecular formula is C27H23ClF3N3O2S2. The number of nitrogens with zero attached hydrogens (tertiary/aromatic N) is 2. The van der Waals surface area contributed by atoms with Crippen LogP contribution in [0.2, 0.25) is 5.28 Å². The Morgan fingerprint density at radius 1 is 1.05 bits per heavy atom. The lowest BCUT2D eigenvalue weighted by atomic mass is 9.96. The van der Waals surface area contributed by atoms with Crippen molar-refractivity contribution in [2.75, 3.05) is 17.9 Å². The van der Waals surface area contributed by atoms with Gasteiger partial charge in [0, 0.05) is 29.9 Å². The molecule has 2 aromatic carbocycles. The van der Waals surface area contributed by atoms with Crippen molar-refractivity contribution in [3.8, 4) is 0 Å². The molecule has 1 atom stereocenters. The van der Waals surface area contributed by atoms with Gasteiger partial charge in [-0.15, -0.1) is 0 Å². The van der Waals surface area contributed by atoms with E-state index in [1.165, 1.54) is 17.0 Å². The fraction of sp³-hybridized carbons (Fsp3) is 0.259. The summed E-state index contributed by atoms with van der Waals surface area (Å²) < 4.78 is 65.1. The van der Waals surface area contributed by atoms with Crippen molar-refractivity contribution < 1.29 is 22.1 Å². The largest absolute Gasteiger partial charge is 0.381 e. The van der Waals surface area contributed by atoms with Gasteiger partial charge >= 0.3 is 0 Å². The molecule has 1 unspecified atom stereocenters. The molecule has 0 amide bonds. The van der Waals surface area contributed by atoms with E-state index < -0.39 is 33.3 Å². The van der Waals surface area contributed by atoms with Crippen LogP contribution in [0.1, 0.15) is 36.9 Å². The lowest BCUT2D eigenvalue weighted by molar-refractivity contribution is 0.0776. The average molecular weight is 578 g/mol. The Kier molecular flexibility index (Phi) is 8.52. The SMILES string of the molecule is O=S(Nc1cccc(C2=C(c3ccnc(Cl)n3)SC(C3CCOCC3)=CCC2)c1F)c1c(F)cccc1F. The second-order valence-corrected chi connectivity index (χ2v) is 11.3. The van der Waals surface area contributed by atoms with Gasteiger partial charge in [0.2, 0.25) is 5.28 Å². The maximum Gasteiger partial charge on any atom is 0.222 e. The van der Waals surface area contributed by atoms with Crippen LogP contribution in [0.3, 0.4) is 0 Å². The Morgan fingerprint density at radius 2 is 1.79 bits per heavy atom. The number of rotatable bonds is 6. The van der Waals surface area contributed by atoms with Crippen LogP contribution >= 0.6 is 23.4 Å². The molecule has 5 rings (SSSR count). The Hall–Kier alpha value is -2.66. The number of ether oxygens (including phenoxy) is 1. The number of benzene rings is 2. The van der Waals surface area contributed by atoms with Gasteiger partial charge in [-0.2, -0.15) is 0 Å². The molecule has 0 aliphatic carbocycles. The monoisotopic (exact) mass is 577 g/mol. The Morgan fingerprint density at radius 3 is 2.53 bits per heavy atom. The minimum Gasteiger partial charge on any atom is -0.381 e. The smallest absolute Gasteiger partial charge is 0.222 e. The predicted octanol–water partition coefficient (Wildman–Crippen LogP) is 7.39. The first-order valence-corrected chi connectivity index (χ1v) is 14.4. The molecule has 5 nitrogen and oxygen atoms in total. The number of hydrogen-bond donors (Lipinski definition) is 1. The Bertz CT molecular complexity index is 1420. The van der Waals surface area contributed by atoms with Crippen molar-refractivity contribution in [3.63, 3.8) is 0 Å². The van der Waals surface area contributed by atoms with Gasteiger partial charge in [0.15, 0.2) is 16.8 Å². The summed E-state index contributed by atoms with van der Waals surface area (Å²) in [5.74, 6) is -2.31. The summed E-state index contributed by atoms with van der Waals surface area (Å²) in [6.45, 7) is 1.38. The highest BCUT2D eigenvalue weighted by molar-refractivity contribution is 8.12. The van der Waals surface area contributed by atoms with Crippen LogP contribution in [-0.2, 0) is 15.7 Å². The van der Waals surface area contributed by atoms with Crippen molar-refractivity contribution >= 4 is 50.5 Å². The average Bonchev–Trinajstić information content (AvgIpc) is 3.14. The first kappa shape index (κ1) is 26.9. The normalized spacial score (nSPS) is 17.6. The first-order chi connectivity index (χ1) is 18.4. The standard InChI is InChI=1S/C27H23ClF3N3O2S2/c28-27-32-13-10-22(33-27)25-18(5-2-9-23(37-25)16-11-14-36-15-12-16)17-4-1-8-21(24(17)31)34-38(35)26-19(29)6-3-7-20(26)30/h1,3-4,6-10,13,16,34H,2,5,11-12,14-15H2. The van der Waals surface area contributed by atoms with Gasteiger partial charge in [0.05, 0.1) is 11.4 Å². The molecule has 1 fully saturated rings. The van der Waals surface area contributed by atoms with Gasteiger partial charge in [-0.3, -0.25) is 4.72 Å². The molecule has 3 heterocycles. The number of nitrogens with one attached hydrogen (secondary N) is 1. The molecule has 0 saturated carbocycles. The third kappa shape index (κ3) is 5.83. The van der Waals surface area contributed by atoms with E-state index in [1.54, 1.807) is 36.2 Å². The van der Waals surface area contributed by atoms with Crippen LogP contribution in [0, 0.1) is 23.4 Å². The van der Waals surface area contributed by atoms with E-state index in [0.29, 0.717) is 43.2 Å². The molecule has 2 aliphatic heterocycles. The minimum absolute atomic E-state index is 0.0778. The van der Waals surface area contributed by atoms with Gasteiger partial charge in [0.25, 0.3) is 0 Å². The number of hydrogen-bond acceptors (Lipinski definition) is 5. The van der Waals surface area contributed by atoms with Crippen LogP contribution in [0.5, 0.6) is 0 Å². The minimum atomic E-state index is -2.36.